The van der Waals surface area contributed by atoms with Gasteiger partial charge in [-0.25, -0.2) is 22.3 Å². The molecule has 8 heteroatoms. The van der Waals surface area contributed by atoms with Crippen molar-refractivity contribution < 1.29 is 22.7 Å². The third-order valence-corrected chi connectivity index (χ3v) is 5.40. The van der Waals surface area contributed by atoms with Crippen molar-refractivity contribution in [3.63, 3.8) is 0 Å². The van der Waals surface area contributed by atoms with Crippen molar-refractivity contribution in [2.45, 2.75) is 17.9 Å². The molecule has 2 N–H and O–H groups in total. The zero-order chi connectivity index (χ0) is 15.6. The van der Waals surface area contributed by atoms with Gasteiger partial charge in [0.1, 0.15) is 10.7 Å². The van der Waals surface area contributed by atoms with Gasteiger partial charge in [0.25, 0.3) is 0 Å². The topological polar surface area (TPSA) is 83.5 Å². The molecule has 0 aliphatic rings. The zero-order valence-corrected chi connectivity index (χ0v) is 12.5. The Bertz CT molecular complexity index is 756. The standard InChI is InChI=1S/C13H12FNO4S2/c1-8(11-3-2-6-20-11)15-21(18,19)12-5-4-9(13(16)17)7-10(12)14/h2-8,15H,1H3,(H,16,17). The molecule has 0 bridgehead atoms. The van der Waals surface area contributed by atoms with E-state index >= 15 is 0 Å². The van der Waals surface area contributed by atoms with Gasteiger partial charge >= 0.3 is 5.97 Å². The summed E-state index contributed by atoms with van der Waals surface area (Å²) in [6.45, 7) is 1.65. The molecule has 5 nitrogen and oxygen atoms in total. The Labute approximate surface area is 125 Å². The van der Waals surface area contributed by atoms with Crippen LogP contribution in [-0.4, -0.2) is 19.5 Å². The largest absolute Gasteiger partial charge is 0.478 e. The second-order valence-electron chi connectivity index (χ2n) is 4.31. The Morgan fingerprint density at radius 3 is 2.62 bits per heavy atom. The average Bonchev–Trinajstić information content (AvgIpc) is 2.91. The number of thiophene rings is 1. The maximum Gasteiger partial charge on any atom is 0.335 e. The van der Waals surface area contributed by atoms with E-state index in [-0.39, 0.29) is 5.56 Å². The van der Waals surface area contributed by atoms with Gasteiger partial charge in [0, 0.05) is 4.88 Å². The first-order valence-electron chi connectivity index (χ1n) is 5.90. The number of sulfonamides is 1. The molecule has 112 valence electrons. The van der Waals surface area contributed by atoms with E-state index in [0.717, 1.165) is 17.0 Å². The first-order chi connectivity index (χ1) is 9.81. The number of carboxylic acids is 1. The van der Waals surface area contributed by atoms with Gasteiger partial charge in [0.15, 0.2) is 0 Å². The molecule has 0 aliphatic carbocycles. The molecule has 0 saturated heterocycles. The van der Waals surface area contributed by atoms with Crippen LogP contribution in [0, 0.1) is 5.82 Å². The second-order valence-corrected chi connectivity index (χ2v) is 6.97. The molecular weight excluding hydrogens is 317 g/mol. The smallest absolute Gasteiger partial charge is 0.335 e. The Morgan fingerprint density at radius 1 is 1.38 bits per heavy atom. The number of nitrogens with one attached hydrogen (secondary N) is 1. The molecule has 2 rings (SSSR count). The summed E-state index contributed by atoms with van der Waals surface area (Å²) in [6, 6.07) is 5.73. The highest BCUT2D eigenvalue weighted by molar-refractivity contribution is 7.89. The van der Waals surface area contributed by atoms with Crippen LogP contribution in [-0.2, 0) is 10.0 Å². The quantitative estimate of drug-likeness (QED) is 0.883. The van der Waals surface area contributed by atoms with Crippen molar-refractivity contribution in [3.8, 4) is 0 Å². The molecule has 1 unspecified atom stereocenters. The van der Waals surface area contributed by atoms with Gasteiger partial charge < -0.3 is 5.11 Å². The lowest BCUT2D eigenvalue weighted by atomic mass is 10.2. The number of hydrogen-bond acceptors (Lipinski definition) is 4. The van der Waals surface area contributed by atoms with E-state index in [2.05, 4.69) is 4.72 Å². The molecule has 0 saturated carbocycles. The molecule has 2 aromatic rings. The van der Waals surface area contributed by atoms with Crippen LogP contribution in [0.3, 0.4) is 0 Å². The fraction of sp³-hybridized carbons (Fsp3) is 0.154. The molecule has 0 radical (unpaired) electrons. The fourth-order valence-corrected chi connectivity index (χ4v) is 3.84. The van der Waals surface area contributed by atoms with Crippen molar-refractivity contribution in [2.24, 2.45) is 0 Å². The minimum atomic E-state index is -4.07. The predicted molar refractivity (Wildman–Crippen MR) is 76.4 cm³/mol. The van der Waals surface area contributed by atoms with Crippen LogP contribution < -0.4 is 4.72 Å². The minimum Gasteiger partial charge on any atom is -0.478 e. The molecule has 1 aromatic heterocycles. The summed E-state index contributed by atoms with van der Waals surface area (Å²) in [5.41, 5.74) is -0.308. The van der Waals surface area contributed by atoms with Gasteiger partial charge in [0.05, 0.1) is 11.6 Å². The van der Waals surface area contributed by atoms with Gasteiger partial charge in [-0.15, -0.1) is 11.3 Å². The van der Waals surface area contributed by atoms with E-state index in [0.29, 0.717) is 6.07 Å². The Balaban J connectivity index is 2.29. The highest BCUT2D eigenvalue weighted by atomic mass is 32.2. The van der Waals surface area contributed by atoms with Crippen LogP contribution in [0.4, 0.5) is 4.39 Å². The number of carboxylic acid groups (broad SMARTS) is 1. The van der Waals surface area contributed by atoms with Crippen LogP contribution in [0.25, 0.3) is 0 Å². The van der Waals surface area contributed by atoms with Crippen molar-refractivity contribution >= 4 is 27.3 Å². The summed E-state index contributed by atoms with van der Waals surface area (Å²) in [4.78, 5) is 10.9. The van der Waals surface area contributed by atoms with Crippen molar-refractivity contribution in [3.05, 3.63) is 52.0 Å². The molecule has 0 fully saturated rings. The number of aromatic carboxylic acids is 1. The SMILES string of the molecule is CC(NS(=O)(=O)c1ccc(C(=O)O)cc1F)c1cccs1. The van der Waals surface area contributed by atoms with Crippen molar-refractivity contribution in [1.29, 1.82) is 0 Å². The number of carbonyl (C=O) groups is 1. The molecule has 1 atom stereocenters. The first-order valence-corrected chi connectivity index (χ1v) is 8.26. The Hall–Kier alpha value is -1.77. The molecule has 1 aromatic carbocycles. The molecule has 0 amide bonds. The number of hydrogen-bond donors (Lipinski definition) is 2. The number of benzene rings is 1. The highest BCUT2D eigenvalue weighted by Crippen LogP contribution is 2.22. The van der Waals surface area contributed by atoms with Gasteiger partial charge in [-0.05, 0) is 36.6 Å². The normalized spacial score (nSPS) is 13.0. The third kappa shape index (κ3) is 3.46. The monoisotopic (exact) mass is 329 g/mol. The van der Waals surface area contributed by atoms with Crippen molar-refractivity contribution in [1.82, 2.24) is 4.72 Å². The average molecular weight is 329 g/mol. The third-order valence-electron chi connectivity index (χ3n) is 2.77. The van der Waals surface area contributed by atoms with E-state index in [4.69, 9.17) is 5.11 Å². The molecule has 0 aliphatic heterocycles. The lowest BCUT2D eigenvalue weighted by Crippen LogP contribution is -2.27. The van der Waals surface area contributed by atoms with E-state index in [1.54, 1.807) is 19.1 Å². The first kappa shape index (κ1) is 15.6. The van der Waals surface area contributed by atoms with E-state index in [9.17, 15) is 17.6 Å². The maximum atomic E-state index is 13.8. The summed E-state index contributed by atoms with van der Waals surface area (Å²) >= 11 is 1.38. The van der Waals surface area contributed by atoms with Gasteiger partial charge in [-0.2, -0.15) is 0 Å². The Morgan fingerprint density at radius 2 is 2.10 bits per heavy atom. The van der Waals surface area contributed by atoms with Crippen LogP contribution in [0.1, 0.15) is 28.2 Å². The van der Waals surface area contributed by atoms with Crippen LogP contribution in [0.2, 0.25) is 0 Å². The molecule has 0 spiro atoms. The van der Waals surface area contributed by atoms with Crippen molar-refractivity contribution in [2.75, 3.05) is 0 Å². The lowest BCUT2D eigenvalue weighted by molar-refractivity contribution is 0.0696. The van der Waals surface area contributed by atoms with Crippen LogP contribution in [0.5, 0.6) is 0 Å². The molecular formula is C13H12FNO4S2. The summed E-state index contributed by atoms with van der Waals surface area (Å²) in [5.74, 6) is -2.42. The maximum absolute atomic E-state index is 13.8. The number of rotatable bonds is 5. The molecule has 21 heavy (non-hydrogen) atoms. The fourth-order valence-electron chi connectivity index (χ4n) is 1.74. The van der Waals surface area contributed by atoms with Gasteiger partial charge in [-0.1, -0.05) is 6.07 Å². The summed E-state index contributed by atoms with van der Waals surface area (Å²) in [5, 5.41) is 10.6. The minimum absolute atomic E-state index is 0.308. The van der Waals surface area contributed by atoms with E-state index in [1.165, 1.54) is 11.3 Å². The predicted octanol–water partition coefficient (Wildman–Crippen LogP) is 2.62. The zero-order valence-electron chi connectivity index (χ0n) is 10.9. The lowest BCUT2D eigenvalue weighted by Gasteiger charge is -2.13. The number of halogens is 1. The van der Waals surface area contributed by atoms with Gasteiger partial charge in [0.2, 0.25) is 10.0 Å². The molecule has 1 heterocycles. The van der Waals surface area contributed by atoms with E-state index < -0.39 is 32.7 Å². The summed E-state index contributed by atoms with van der Waals surface area (Å²) in [7, 11) is -4.07. The summed E-state index contributed by atoms with van der Waals surface area (Å²) < 4.78 is 40.5. The highest BCUT2D eigenvalue weighted by Gasteiger charge is 2.23. The van der Waals surface area contributed by atoms with Gasteiger partial charge in [-0.3, -0.25) is 0 Å². The Kier molecular flexibility index (Phi) is 4.40. The van der Waals surface area contributed by atoms with Crippen LogP contribution in [0.15, 0.2) is 40.6 Å². The van der Waals surface area contributed by atoms with E-state index in [1.807, 2.05) is 5.38 Å². The summed E-state index contributed by atoms with van der Waals surface area (Å²) in [6.07, 6.45) is 0. The van der Waals surface area contributed by atoms with Crippen LogP contribution >= 0.6 is 11.3 Å². The second kappa shape index (κ2) is 5.92.